The highest BCUT2D eigenvalue weighted by atomic mass is 16.2. The van der Waals surface area contributed by atoms with Crippen molar-refractivity contribution < 1.29 is 4.79 Å². The van der Waals surface area contributed by atoms with Crippen LogP contribution in [0.25, 0.3) is 0 Å². The van der Waals surface area contributed by atoms with Gasteiger partial charge in [0.25, 0.3) is 0 Å². The Bertz CT molecular complexity index is 234. The number of hydrogen-bond donors (Lipinski definition) is 1. The Balaban J connectivity index is 2.33. The predicted octanol–water partition coefficient (Wildman–Crippen LogP) is 2.15. The summed E-state index contributed by atoms with van der Waals surface area (Å²) in [7, 11) is 0. The zero-order valence-corrected chi connectivity index (χ0v) is 11.0. The van der Waals surface area contributed by atoms with Crippen LogP contribution in [0.3, 0.4) is 0 Å². The summed E-state index contributed by atoms with van der Waals surface area (Å²) in [5, 5.41) is 0. The fraction of sp³-hybridized carbons (Fsp3) is 0.923. The van der Waals surface area contributed by atoms with Gasteiger partial charge in [-0.05, 0) is 44.6 Å². The van der Waals surface area contributed by atoms with Gasteiger partial charge < -0.3 is 10.6 Å². The Morgan fingerprint density at radius 3 is 2.44 bits per heavy atom. The number of amides is 1. The Morgan fingerprint density at radius 2 is 2.00 bits per heavy atom. The number of hydrogen-bond acceptors (Lipinski definition) is 2. The van der Waals surface area contributed by atoms with Crippen LogP contribution < -0.4 is 5.73 Å². The van der Waals surface area contributed by atoms with Crippen molar-refractivity contribution in [1.82, 2.24) is 4.90 Å². The zero-order chi connectivity index (χ0) is 12.2. The maximum atomic E-state index is 12.0. The van der Waals surface area contributed by atoms with Crippen LogP contribution in [0.4, 0.5) is 0 Å². The Labute approximate surface area is 99.4 Å². The van der Waals surface area contributed by atoms with Crippen molar-refractivity contribution in [2.75, 3.05) is 13.1 Å². The molecule has 1 aliphatic carbocycles. The summed E-state index contributed by atoms with van der Waals surface area (Å²) >= 11 is 0. The first-order chi connectivity index (χ1) is 7.50. The van der Waals surface area contributed by atoms with Crippen molar-refractivity contribution in [3.05, 3.63) is 0 Å². The second kappa shape index (κ2) is 5.67. The maximum absolute atomic E-state index is 12.0. The normalized spacial score (nSPS) is 16.2. The minimum absolute atomic E-state index is 0.202. The summed E-state index contributed by atoms with van der Waals surface area (Å²) in [6, 6.07) is 0.551. The smallest absolute Gasteiger partial charge is 0.222 e. The van der Waals surface area contributed by atoms with E-state index < -0.39 is 0 Å². The van der Waals surface area contributed by atoms with Crippen molar-refractivity contribution in [2.45, 2.75) is 58.9 Å². The second-order valence-corrected chi connectivity index (χ2v) is 5.61. The van der Waals surface area contributed by atoms with Crippen molar-refractivity contribution in [1.29, 1.82) is 0 Å². The topological polar surface area (TPSA) is 46.3 Å². The molecule has 0 radical (unpaired) electrons. The third kappa shape index (κ3) is 4.12. The van der Waals surface area contributed by atoms with E-state index in [4.69, 9.17) is 5.73 Å². The van der Waals surface area contributed by atoms with Crippen molar-refractivity contribution >= 4 is 5.91 Å². The summed E-state index contributed by atoms with van der Waals surface area (Å²) < 4.78 is 0. The molecule has 0 aromatic rings. The zero-order valence-electron chi connectivity index (χ0n) is 11.0. The number of rotatable bonds is 7. The minimum atomic E-state index is 0.202. The van der Waals surface area contributed by atoms with E-state index in [1.807, 2.05) is 4.90 Å². The quantitative estimate of drug-likeness (QED) is 0.723. The molecule has 1 fully saturated rings. The van der Waals surface area contributed by atoms with Crippen LogP contribution in [-0.2, 0) is 4.79 Å². The van der Waals surface area contributed by atoms with E-state index in [-0.39, 0.29) is 5.41 Å². The summed E-state index contributed by atoms with van der Waals surface area (Å²) in [6.07, 6.45) is 5.02. The molecule has 0 heterocycles. The first-order valence-corrected chi connectivity index (χ1v) is 6.49. The van der Waals surface area contributed by atoms with E-state index >= 15 is 0 Å². The van der Waals surface area contributed by atoms with Crippen LogP contribution >= 0.6 is 0 Å². The van der Waals surface area contributed by atoms with Crippen LogP contribution in [0.2, 0.25) is 0 Å². The van der Waals surface area contributed by atoms with Crippen LogP contribution in [0.5, 0.6) is 0 Å². The van der Waals surface area contributed by atoms with Gasteiger partial charge >= 0.3 is 0 Å². The molecule has 1 saturated carbocycles. The average Bonchev–Trinajstić information content (AvgIpc) is 3.00. The highest BCUT2D eigenvalue weighted by Gasteiger charge is 2.31. The monoisotopic (exact) mass is 226 g/mol. The molecule has 0 bridgehead atoms. The molecule has 0 atom stereocenters. The van der Waals surface area contributed by atoms with Crippen molar-refractivity contribution in [2.24, 2.45) is 11.1 Å². The molecule has 3 nitrogen and oxygen atoms in total. The number of carbonyl (C=O) groups excluding carboxylic acids is 1. The molecule has 0 spiro atoms. The lowest BCUT2D eigenvalue weighted by Gasteiger charge is -2.26. The largest absolute Gasteiger partial charge is 0.340 e. The molecule has 1 aliphatic rings. The summed E-state index contributed by atoms with van der Waals surface area (Å²) in [6.45, 7) is 8.03. The summed E-state index contributed by atoms with van der Waals surface area (Å²) in [5.41, 5.74) is 5.77. The molecule has 0 saturated heterocycles. The molecule has 1 rings (SSSR count). The van der Waals surface area contributed by atoms with Gasteiger partial charge in [0.2, 0.25) is 5.91 Å². The molecule has 16 heavy (non-hydrogen) atoms. The van der Waals surface area contributed by atoms with Crippen LogP contribution in [-0.4, -0.2) is 29.9 Å². The summed E-state index contributed by atoms with van der Waals surface area (Å²) in [4.78, 5) is 14.0. The average molecular weight is 226 g/mol. The first kappa shape index (κ1) is 13.5. The van der Waals surface area contributed by atoms with E-state index in [1.165, 1.54) is 12.8 Å². The maximum Gasteiger partial charge on any atom is 0.222 e. The van der Waals surface area contributed by atoms with Gasteiger partial charge in [0.1, 0.15) is 0 Å². The van der Waals surface area contributed by atoms with E-state index in [0.717, 1.165) is 19.4 Å². The van der Waals surface area contributed by atoms with E-state index in [9.17, 15) is 4.79 Å². The third-order valence-electron chi connectivity index (χ3n) is 3.49. The molecule has 1 amide bonds. The van der Waals surface area contributed by atoms with Gasteiger partial charge in [-0.2, -0.15) is 0 Å². The SMILES string of the molecule is CCN(C(=O)CCC(C)(C)CCN)C1CC1. The molecule has 0 aromatic carbocycles. The Morgan fingerprint density at radius 1 is 1.38 bits per heavy atom. The summed E-state index contributed by atoms with van der Waals surface area (Å²) in [5.74, 6) is 0.329. The second-order valence-electron chi connectivity index (χ2n) is 5.61. The number of nitrogens with two attached hydrogens (primary N) is 1. The molecule has 94 valence electrons. The van der Waals surface area contributed by atoms with Gasteiger partial charge in [-0.25, -0.2) is 0 Å². The predicted molar refractivity (Wildman–Crippen MR) is 67.1 cm³/mol. The van der Waals surface area contributed by atoms with Gasteiger partial charge in [0.15, 0.2) is 0 Å². The van der Waals surface area contributed by atoms with Crippen LogP contribution in [0.1, 0.15) is 52.9 Å². The molecular weight excluding hydrogens is 200 g/mol. The molecular formula is C13H26N2O. The van der Waals surface area contributed by atoms with Gasteiger partial charge in [-0.15, -0.1) is 0 Å². The van der Waals surface area contributed by atoms with Gasteiger partial charge in [-0.1, -0.05) is 13.8 Å². The van der Waals surface area contributed by atoms with E-state index in [2.05, 4.69) is 20.8 Å². The van der Waals surface area contributed by atoms with E-state index in [0.29, 0.717) is 24.9 Å². The third-order valence-corrected chi connectivity index (χ3v) is 3.49. The fourth-order valence-electron chi connectivity index (χ4n) is 2.13. The van der Waals surface area contributed by atoms with Gasteiger partial charge in [0.05, 0.1) is 0 Å². The standard InChI is InChI=1S/C13H26N2O/c1-4-15(11-5-6-11)12(16)7-8-13(2,3)9-10-14/h11H,4-10,14H2,1-3H3. The highest BCUT2D eigenvalue weighted by molar-refractivity contribution is 5.76. The first-order valence-electron chi connectivity index (χ1n) is 6.49. The molecule has 2 N–H and O–H groups in total. The van der Waals surface area contributed by atoms with Crippen molar-refractivity contribution in [3.63, 3.8) is 0 Å². The molecule has 3 heteroatoms. The van der Waals surface area contributed by atoms with Crippen LogP contribution in [0, 0.1) is 5.41 Å². The van der Waals surface area contributed by atoms with Gasteiger partial charge in [-0.3, -0.25) is 4.79 Å². The lowest BCUT2D eigenvalue weighted by atomic mass is 9.84. The lowest BCUT2D eigenvalue weighted by molar-refractivity contribution is -0.132. The number of nitrogens with zero attached hydrogens (tertiary/aromatic N) is 1. The lowest BCUT2D eigenvalue weighted by Crippen LogP contribution is -2.33. The Hall–Kier alpha value is -0.570. The fourth-order valence-corrected chi connectivity index (χ4v) is 2.13. The molecule has 0 unspecified atom stereocenters. The number of carbonyl (C=O) groups is 1. The van der Waals surface area contributed by atoms with Gasteiger partial charge in [0, 0.05) is 19.0 Å². The Kier molecular flexibility index (Phi) is 4.78. The highest BCUT2D eigenvalue weighted by Crippen LogP contribution is 2.30. The van der Waals surface area contributed by atoms with Crippen molar-refractivity contribution in [3.8, 4) is 0 Å². The van der Waals surface area contributed by atoms with Crippen LogP contribution in [0.15, 0.2) is 0 Å². The minimum Gasteiger partial charge on any atom is -0.340 e. The molecule has 0 aromatic heterocycles. The van der Waals surface area contributed by atoms with E-state index in [1.54, 1.807) is 0 Å². The molecule has 0 aliphatic heterocycles.